The maximum absolute atomic E-state index is 12.6. The lowest BCUT2D eigenvalue weighted by Crippen LogP contribution is -2.06. The molecule has 2 heterocycles. The van der Waals surface area contributed by atoms with Gasteiger partial charge in [0.05, 0.1) is 11.1 Å². The van der Waals surface area contributed by atoms with Crippen molar-refractivity contribution in [3.8, 4) is 11.4 Å². The minimum absolute atomic E-state index is 0.0129. The molecule has 0 aliphatic carbocycles. The molecule has 0 aliphatic heterocycles. The van der Waals surface area contributed by atoms with Crippen LogP contribution in [0.5, 0.6) is 0 Å². The second kappa shape index (κ2) is 4.22. The molecular formula is C13H9F3N4. The molecule has 20 heavy (non-hydrogen) atoms. The third-order valence-corrected chi connectivity index (χ3v) is 2.89. The molecule has 102 valence electrons. The Bertz CT molecular complexity index is 744. The minimum atomic E-state index is -4.41. The molecule has 0 saturated heterocycles. The molecule has 7 heteroatoms. The number of halogens is 3. The van der Waals surface area contributed by atoms with Gasteiger partial charge in [0, 0.05) is 17.4 Å². The number of nitrogens with two attached hydrogens (primary N) is 1. The Morgan fingerprint density at radius 1 is 1.15 bits per heavy atom. The quantitative estimate of drug-likeness (QED) is 0.671. The summed E-state index contributed by atoms with van der Waals surface area (Å²) in [7, 11) is 0. The first kappa shape index (κ1) is 12.5. The first-order valence-electron chi connectivity index (χ1n) is 5.73. The topological polar surface area (TPSA) is 67.6 Å². The van der Waals surface area contributed by atoms with Crippen molar-refractivity contribution in [1.82, 2.24) is 15.0 Å². The number of nitrogen functional groups attached to an aromatic ring is 1. The predicted octanol–water partition coefficient (Wildman–Crippen LogP) is 3.23. The molecular weight excluding hydrogens is 269 g/mol. The van der Waals surface area contributed by atoms with Crippen molar-refractivity contribution in [1.29, 1.82) is 0 Å². The highest BCUT2D eigenvalue weighted by Crippen LogP contribution is 2.34. The van der Waals surface area contributed by atoms with Crippen molar-refractivity contribution >= 4 is 16.9 Å². The van der Waals surface area contributed by atoms with E-state index < -0.39 is 11.7 Å². The van der Waals surface area contributed by atoms with Crippen LogP contribution in [0, 0.1) is 0 Å². The summed E-state index contributed by atoms with van der Waals surface area (Å²) in [5, 5.41) is 0. The summed E-state index contributed by atoms with van der Waals surface area (Å²) in [6.07, 6.45) is -2.83. The maximum atomic E-state index is 12.6. The third kappa shape index (κ3) is 2.07. The van der Waals surface area contributed by atoms with Crippen LogP contribution < -0.4 is 5.73 Å². The number of aromatic amines is 1. The van der Waals surface area contributed by atoms with Gasteiger partial charge in [0.2, 0.25) is 0 Å². The van der Waals surface area contributed by atoms with Crippen LogP contribution in [0.2, 0.25) is 0 Å². The number of benzene rings is 1. The van der Waals surface area contributed by atoms with E-state index in [9.17, 15) is 13.2 Å². The van der Waals surface area contributed by atoms with Crippen LogP contribution in [-0.4, -0.2) is 15.0 Å². The standard InChI is InChI=1S/C13H9F3N4/c14-13(15,16)7-3-4-8(9(17)6-7)11-19-10-2-1-5-18-12(10)20-11/h1-6H,17H2,(H,18,19,20). The van der Waals surface area contributed by atoms with Crippen LogP contribution in [0.1, 0.15) is 5.56 Å². The number of imidazole rings is 1. The van der Waals surface area contributed by atoms with Crippen LogP contribution in [0.4, 0.5) is 18.9 Å². The number of rotatable bonds is 1. The van der Waals surface area contributed by atoms with E-state index in [1.807, 2.05) is 0 Å². The van der Waals surface area contributed by atoms with Crippen molar-refractivity contribution < 1.29 is 13.2 Å². The number of hydrogen-bond acceptors (Lipinski definition) is 3. The highest BCUT2D eigenvalue weighted by Gasteiger charge is 2.31. The van der Waals surface area contributed by atoms with Crippen molar-refractivity contribution in [2.75, 3.05) is 5.73 Å². The summed E-state index contributed by atoms with van der Waals surface area (Å²) in [5.74, 6) is 0.393. The highest BCUT2D eigenvalue weighted by molar-refractivity contribution is 5.80. The van der Waals surface area contributed by atoms with Gasteiger partial charge in [-0.3, -0.25) is 0 Å². The summed E-state index contributed by atoms with van der Waals surface area (Å²) in [5.41, 5.74) is 6.52. The van der Waals surface area contributed by atoms with Gasteiger partial charge in [0.15, 0.2) is 5.65 Å². The van der Waals surface area contributed by atoms with E-state index in [2.05, 4.69) is 15.0 Å². The summed E-state index contributed by atoms with van der Waals surface area (Å²) in [4.78, 5) is 11.2. The Morgan fingerprint density at radius 2 is 1.95 bits per heavy atom. The van der Waals surface area contributed by atoms with Gasteiger partial charge >= 0.3 is 6.18 Å². The normalized spacial score (nSPS) is 11.9. The predicted molar refractivity (Wildman–Crippen MR) is 68.7 cm³/mol. The molecule has 0 atom stereocenters. The monoisotopic (exact) mass is 278 g/mol. The second-order valence-electron chi connectivity index (χ2n) is 4.26. The largest absolute Gasteiger partial charge is 0.416 e. The van der Waals surface area contributed by atoms with Crippen LogP contribution in [0.3, 0.4) is 0 Å². The number of aromatic nitrogens is 3. The Hall–Kier alpha value is -2.57. The molecule has 4 nitrogen and oxygen atoms in total. The highest BCUT2D eigenvalue weighted by atomic mass is 19.4. The molecule has 3 rings (SSSR count). The van der Waals surface area contributed by atoms with Crippen LogP contribution in [0.25, 0.3) is 22.6 Å². The molecule has 3 aromatic rings. The number of nitrogens with zero attached hydrogens (tertiary/aromatic N) is 2. The average Bonchev–Trinajstić information content (AvgIpc) is 2.80. The van der Waals surface area contributed by atoms with Crippen LogP contribution in [-0.2, 0) is 6.18 Å². The van der Waals surface area contributed by atoms with Gasteiger partial charge < -0.3 is 10.7 Å². The van der Waals surface area contributed by atoms with Crippen LogP contribution in [0.15, 0.2) is 36.5 Å². The molecule has 0 amide bonds. The number of fused-ring (bicyclic) bond motifs is 1. The number of H-pyrrole nitrogens is 1. The lowest BCUT2D eigenvalue weighted by atomic mass is 10.1. The molecule has 3 N–H and O–H groups in total. The number of nitrogens with one attached hydrogen (secondary N) is 1. The Labute approximate surface area is 111 Å². The Kier molecular flexibility index (Phi) is 2.63. The number of anilines is 1. The molecule has 0 spiro atoms. The third-order valence-electron chi connectivity index (χ3n) is 2.89. The van der Waals surface area contributed by atoms with E-state index in [-0.39, 0.29) is 5.69 Å². The van der Waals surface area contributed by atoms with Gasteiger partial charge in [0.25, 0.3) is 0 Å². The van der Waals surface area contributed by atoms with Gasteiger partial charge in [0.1, 0.15) is 5.82 Å². The fourth-order valence-electron chi connectivity index (χ4n) is 1.93. The van der Waals surface area contributed by atoms with Crippen molar-refractivity contribution in [3.05, 3.63) is 42.1 Å². The average molecular weight is 278 g/mol. The minimum Gasteiger partial charge on any atom is -0.398 e. The van der Waals surface area contributed by atoms with Crippen molar-refractivity contribution in [2.24, 2.45) is 0 Å². The van der Waals surface area contributed by atoms with E-state index in [0.717, 1.165) is 12.1 Å². The lowest BCUT2D eigenvalue weighted by molar-refractivity contribution is -0.137. The zero-order valence-corrected chi connectivity index (χ0v) is 10.1. The molecule has 0 fully saturated rings. The summed E-state index contributed by atoms with van der Waals surface area (Å²) in [6.45, 7) is 0. The summed E-state index contributed by atoms with van der Waals surface area (Å²) < 4.78 is 37.7. The van der Waals surface area contributed by atoms with Gasteiger partial charge in [-0.05, 0) is 30.3 Å². The van der Waals surface area contributed by atoms with Gasteiger partial charge in [-0.25, -0.2) is 9.97 Å². The van der Waals surface area contributed by atoms with E-state index in [0.29, 0.717) is 22.6 Å². The van der Waals surface area contributed by atoms with Crippen LogP contribution >= 0.6 is 0 Å². The molecule has 1 aromatic carbocycles. The number of pyridine rings is 1. The van der Waals surface area contributed by atoms with E-state index >= 15 is 0 Å². The lowest BCUT2D eigenvalue weighted by Gasteiger charge is -2.09. The van der Waals surface area contributed by atoms with Crippen molar-refractivity contribution in [3.63, 3.8) is 0 Å². The van der Waals surface area contributed by atoms with Gasteiger partial charge in [-0.1, -0.05) is 0 Å². The first-order valence-corrected chi connectivity index (χ1v) is 5.73. The molecule has 0 bridgehead atoms. The molecule has 0 aliphatic rings. The van der Waals surface area contributed by atoms with Crippen molar-refractivity contribution in [2.45, 2.75) is 6.18 Å². The molecule has 0 saturated carbocycles. The molecule has 0 radical (unpaired) electrons. The number of hydrogen-bond donors (Lipinski definition) is 2. The Morgan fingerprint density at radius 3 is 2.60 bits per heavy atom. The zero-order chi connectivity index (χ0) is 14.3. The fraction of sp³-hybridized carbons (Fsp3) is 0.0769. The first-order chi connectivity index (χ1) is 9.45. The van der Waals surface area contributed by atoms with E-state index in [1.54, 1.807) is 18.3 Å². The molecule has 0 unspecified atom stereocenters. The summed E-state index contributed by atoms with van der Waals surface area (Å²) >= 11 is 0. The SMILES string of the molecule is Nc1cc(C(F)(F)F)ccc1-c1nc2ncccc2[nH]1. The number of alkyl halides is 3. The Balaban J connectivity index is 2.10. The summed E-state index contributed by atoms with van der Waals surface area (Å²) in [6, 6.07) is 6.69. The molecule has 2 aromatic heterocycles. The second-order valence-corrected chi connectivity index (χ2v) is 4.26. The fourth-order valence-corrected chi connectivity index (χ4v) is 1.93. The van der Waals surface area contributed by atoms with Gasteiger partial charge in [-0.2, -0.15) is 13.2 Å². The zero-order valence-electron chi connectivity index (χ0n) is 10.1. The smallest absolute Gasteiger partial charge is 0.398 e. The van der Waals surface area contributed by atoms with E-state index in [1.165, 1.54) is 6.07 Å². The maximum Gasteiger partial charge on any atom is 0.416 e. The van der Waals surface area contributed by atoms with E-state index in [4.69, 9.17) is 5.73 Å². The van der Waals surface area contributed by atoms with Gasteiger partial charge in [-0.15, -0.1) is 0 Å².